The summed E-state index contributed by atoms with van der Waals surface area (Å²) in [4.78, 5) is 17.9. The van der Waals surface area contributed by atoms with Gasteiger partial charge in [-0.25, -0.2) is 0 Å². The lowest BCUT2D eigenvalue weighted by molar-refractivity contribution is -0.286. The van der Waals surface area contributed by atoms with Gasteiger partial charge in [0.05, 0.1) is 24.9 Å². The van der Waals surface area contributed by atoms with Crippen molar-refractivity contribution in [1.82, 2.24) is 19.6 Å². The number of halogens is 6. The van der Waals surface area contributed by atoms with Crippen LogP contribution < -0.4 is 0 Å². The summed E-state index contributed by atoms with van der Waals surface area (Å²) in [6.07, 6.45) is -10.5. The first-order valence-corrected chi connectivity index (χ1v) is 13.6. The fourth-order valence-corrected chi connectivity index (χ4v) is 6.51. The lowest BCUT2D eigenvalue weighted by atomic mass is 10.00. The second-order valence-electron chi connectivity index (χ2n) is 9.83. The fraction of sp³-hybridized carbons (Fsp3) is 0.600. The van der Waals surface area contributed by atoms with Crippen molar-refractivity contribution in [3.05, 3.63) is 35.5 Å². The molecule has 0 saturated carbocycles. The van der Waals surface area contributed by atoms with Gasteiger partial charge in [0.15, 0.2) is 11.6 Å². The third-order valence-electron chi connectivity index (χ3n) is 7.37. The first kappa shape index (κ1) is 27.3. The molecule has 38 heavy (non-hydrogen) atoms. The number of amides is 1. The maximum atomic E-state index is 13.5. The number of carbonyl (C=O) groups excluding carboxylic acids is 1. The van der Waals surface area contributed by atoms with E-state index in [1.165, 1.54) is 0 Å². The van der Waals surface area contributed by atoms with E-state index < -0.39 is 24.7 Å². The molecule has 1 unspecified atom stereocenters. The van der Waals surface area contributed by atoms with Crippen LogP contribution in [0.4, 0.5) is 26.3 Å². The number of thioether (sulfide) groups is 1. The van der Waals surface area contributed by atoms with E-state index in [0.29, 0.717) is 57.1 Å². The van der Waals surface area contributed by atoms with Gasteiger partial charge < -0.3 is 14.5 Å². The lowest BCUT2D eigenvalue weighted by Gasteiger charge is -2.35. The second-order valence-corrected chi connectivity index (χ2v) is 10.8. The number of hydrogen-bond acceptors (Lipinski definition) is 5. The van der Waals surface area contributed by atoms with Crippen molar-refractivity contribution >= 4 is 17.7 Å². The Morgan fingerprint density at radius 3 is 2.50 bits per heavy atom. The molecule has 0 spiro atoms. The molecule has 3 aliphatic heterocycles. The maximum Gasteiger partial charge on any atom is 0.400 e. The first-order valence-electron chi connectivity index (χ1n) is 12.6. The Bertz CT molecular complexity index is 1150. The van der Waals surface area contributed by atoms with Crippen molar-refractivity contribution in [2.24, 2.45) is 5.92 Å². The number of piperidine rings is 1. The summed E-state index contributed by atoms with van der Waals surface area (Å²) in [5.74, 6) is -2.99. The molecule has 2 aromatic rings. The van der Waals surface area contributed by atoms with Crippen LogP contribution in [-0.4, -0.2) is 83.8 Å². The summed E-state index contributed by atoms with van der Waals surface area (Å²) in [5.41, 5.74) is 2.91. The van der Waals surface area contributed by atoms with Crippen LogP contribution in [-0.2, 0) is 10.5 Å². The van der Waals surface area contributed by atoms with Gasteiger partial charge in [0.25, 0.3) is 5.91 Å². The average molecular weight is 563 g/mol. The summed E-state index contributed by atoms with van der Waals surface area (Å²) in [5, 5.41) is 4.78. The normalized spacial score (nSPS) is 20.9. The predicted octanol–water partition coefficient (Wildman–Crippen LogP) is 5.40. The molecule has 1 amide bonds. The molecule has 4 heterocycles. The van der Waals surface area contributed by atoms with Crippen molar-refractivity contribution in [3.8, 4) is 11.3 Å². The van der Waals surface area contributed by atoms with Crippen LogP contribution >= 0.6 is 11.8 Å². The standard InChI is InChI=1S/C25H28F6N4O2S/c26-24(27,28)20(25(29,30)31)7-9-33-8-3-4-16(14-33)35-22-17-5-1-2-6-19(17)38-15-18(22)21(32-35)23(36)34-10-12-37-13-11-34/h1-2,5-6,16,20H,3-4,7-15H2. The Labute approximate surface area is 220 Å². The number of fused-ring (bicyclic) bond motifs is 3. The van der Waals surface area contributed by atoms with Crippen molar-refractivity contribution < 1.29 is 35.9 Å². The van der Waals surface area contributed by atoms with Crippen LogP contribution in [0.15, 0.2) is 29.2 Å². The van der Waals surface area contributed by atoms with Gasteiger partial charge in [-0.05, 0) is 38.4 Å². The third-order valence-corrected chi connectivity index (χ3v) is 8.47. The van der Waals surface area contributed by atoms with Crippen LogP contribution in [0.5, 0.6) is 0 Å². The molecule has 0 radical (unpaired) electrons. The average Bonchev–Trinajstić information content (AvgIpc) is 3.28. The fourth-order valence-electron chi connectivity index (χ4n) is 5.44. The van der Waals surface area contributed by atoms with E-state index in [4.69, 9.17) is 9.84 Å². The highest BCUT2D eigenvalue weighted by Crippen LogP contribution is 2.45. The van der Waals surface area contributed by atoms with Crippen molar-refractivity contribution in [1.29, 1.82) is 0 Å². The molecule has 0 aliphatic carbocycles. The van der Waals surface area contributed by atoms with Crippen molar-refractivity contribution in [2.75, 3.05) is 45.9 Å². The summed E-state index contributed by atoms with van der Waals surface area (Å²) in [6.45, 7) is 2.16. The van der Waals surface area contributed by atoms with Gasteiger partial charge in [-0.15, -0.1) is 11.8 Å². The Morgan fingerprint density at radius 1 is 1.08 bits per heavy atom. The van der Waals surface area contributed by atoms with Crippen LogP contribution in [0.1, 0.15) is 41.4 Å². The highest BCUT2D eigenvalue weighted by atomic mass is 32.2. The number of carbonyl (C=O) groups is 1. The lowest BCUT2D eigenvalue weighted by Crippen LogP contribution is -2.42. The summed E-state index contributed by atoms with van der Waals surface area (Å²) >= 11 is 1.61. The minimum Gasteiger partial charge on any atom is -0.378 e. The minimum absolute atomic E-state index is 0.186. The SMILES string of the molecule is O=C(c1nn(C2CCCN(CCC(C(F)(F)F)C(F)(F)F)C2)c2c1CSc1ccccc1-2)N1CCOCC1. The number of hydrogen-bond donors (Lipinski definition) is 0. The van der Waals surface area contributed by atoms with Crippen molar-refractivity contribution in [3.63, 3.8) is 0 Å². The highest BCUT2D eigenvalue weighted by molar-refractivity contribution is 7.98. The maximum absolute atomic E-state index is 13.5. The number of ether oxygens (including phenoxy) is 1. The van der Waals surface area contributed by atoms with E-state index in [-0.39, 0.29) is 25.0 Å². The Hall–Kier alpha value is -2.25. The first-order chi connectivity index (χ1) is 18.0. The summed E-state index contributed by atoms with van der Waals surface area (Å²) < 4.78 is 85.6. The smallest absolute Gasteiger partial charge is 0.378 e. The Balaban J connectivity index is 1.43. The largest absolute Gasteiger partial charge is 0.400 e. The highest BCUT2D eigenvalue weighted by Gasteiger charge is 2.56. The number of likely N-dealkylation sites (tertiary alicyclic amines) is 1. The Morgan fingerprint density at radius 2 is 1.79 bits per heavy atom. The molecule has 1 atom stereocenters. The quantitative estimate of drug-likeness (QED) is 0.457. The molecule has 1 aromatic heterocycles. The molecule has 0 N–H and O–H groups in total. The minimum atomic E-state index is -5.34. The van der Waals surface area contributed by atoms with Crippen LogP contribution in [0, 0.1) is 5.92 Å². The molecular formula is C25H28F6N4O2S. The monoisotopic (exact) mass is 562 g/mol. The summed E-state index contributed by atoms with van der Waals surface area (Å²) in [6, 6.07) is 7.49. The number of aromatic nitrogens is 2. The second kappa shape index (κ2) is 10.7. The molecule has 0 bridgehead atoms. The molecular weight excluding hydrogens is 534 g/mol. The number of rotatable bonds is 5. The van der Waals surface area contributed by atoms with Crippen LogP contribution in [0.2, 0.25) is 0 Å². The van der Waals surface area contributed by atoms with E-state index in [9.17, 15) is 31.1 Å². The zero-order valence-electron chi connectivity index (χ0n) is 20.5. The number of benzene rings is 1. The topological polar surface area (TPSA) is 50.6 Å². The number of morpholine rings is 1. The van der Waals surface area contributed by atoms with E-state index in [1.54, 1.807) is 26.2 Å². The molecule has 2 saturated heterocycles. The van der Waals surface area contributed by atoms with Crippen LogP contribution in [0.25, 0.3) is 11.3 Å². The van der Waals surface area contributed by atoms with Crippen molar-refractivity contribution in [2.45, 2.75) is 48.3 Å². The molecule has 13 heteroatoms. The zero-order chi connectivity index (χ0) is 27.1. The van der Waals surface area contributed by atoms with E-state index in [1.807, 2.05) is 24.3 Å². The molecule has 208 valence electrons. The van der Waals surface area contributed by atoms with Gasteiger partial charge in [0, 0.05) is 41.4 Å². The van der Waals surface area contributed by atoms with E-state index in [0.717, 1.165) is 21.7 Å². The number of nitrogens with zero attached hydrogens (tertiary/aromatic N) is 4. The van der Waals surface area contributed by atoms with Gasteiger partial charge >= 0.3 is 12.4 Å². The Kier molecular flexibility index (Phi) is 7.71. The van der Waals surface area contributed by atoms with Gasteiger partial charge in [0.2, 0.25) is 0 Å². The third kappa shape index (κ3) is 5.55. The van der Waals surface area contributed by atoms with Crippen LogP contribution in [0.3, 0.4) is 0 Å². The number of alkyl halides is 6. The molecule has 6 nitrogen and oxygen atoms in total. The molecule has 2 fully saturated rings. The molecule has 1 aromatic carbocycles. The van der Waals surface area contributed by atoms with Gasteiger partial charge in [-0.1, -0.05) is 18.2 Å². The van der Waals surface area contributed by atoms with Gasteiger partial charge in [0.1, 0.15) is 0 Å². The summed E-state index contributed by atoms with van der Waals surface area (Å²) in [7, 11) is 0. The predicted molar refractivity (Wildman–Crippen MR) is 129 cm³/mol. The van der Waals surface area contributed by atoms with E-state index >= 15 is 0 Å². The van der Waals surface area contributed by atoms with E-state index in [2.05, 4.69) is 0 Å². The molecule has 3 aliphatic rings. The van der Waals surface area contributed by atoms with Gasteiger partial charge in [-0.2, -0.15) is 31.4 Å². The zero-order valence-corrected chi connectivity index (χ0v) is 21.3. The molecule has 5 rings (SSSR count). The van der Waals surface area contributed by atoms with Gasteiger partial charge in [-0.3, -0.25) is 9.48 Å².